The summed E-state index contributed by atoms with van der Waals surface area (Å²) in [6.45, 7) is 6.51. The van der Waals surface area contributed by atoms with Crippen molar-refractivity contribution < 1.29 is 14.2 Å². The van der Waals surface area contributed by atoms with Gasteiger partial charge in [0, 0.05) is 11.8 Å². The van der Waals surface area contributed by atoms with Crippen molar-refractivity contribution >= 4 is 11.2 Å². The predicted octanol–water partition coefficient (Wildman–Crippen LogP) is 4.35. The molecule has 0 saturated heterocycles. The zero-order chi connectivity index (χ0) is 20.1. The van der Waals surface area contributed by atoms with Crippen LogP contribution in [-0.4, -0.2) is 35.9 Å². The Kier molecular flexibility index (Phi) is 6.19. The summed E-state index contributed by atoms with van der Waals surface area (Å²) < 4.78 is 18.2. The van der Waals surface area contributed by atoms with Crippen LogP contribution in [0, 0.1) is 0 Å². The van der Waals surface area contributed by atoms with E-state index in [0.717, 1.165) is 47.4 Å². The van der Waals surface area contributed by atoms with Gasteiger partial charge in [0.25, 0.3) is 0 Å². The van der Waals surface area contributed by atoms with E-state index in [1.165, 1.54) is 0 Å². The highest BCUT2D eigenvalue weighted by molar-refractivity contribution is 5.67. The number of allylic oxidation sites excluding steroid dienone is 1. The summed E-state index contributed by atoms with van der Waals surface area (Å²) in [5, 5.41) is 4.42. The van der Waals surface area contributed by atoms with Crippen molar-refractivity contribution in [2.24, 2.45) is 0 Å². The summed E-state index contributed by atoms with van der Waals surface area (Å²) in [6, 6.07) is 7.92. The van der Waals surface area contributed by atoms with E-state index in [2.05, 4.69) is 24.7 Å². The van der Waals surface area contributed by atoms with Crippen LogP contribution in [0.25, 0.3) is 11.2 Å². The van der Waals surface area contributed by atoms with Crippen LogP contribution in [-0.2, 0) is 12.8 Å². The molecule has 0 spiro atoms. The van der Waals surface area contributed by atoms with Gasteiger partial charge in [0.2, 0.25) is 5.75 Å². The van der Waals surface area contributed by atoms with Gasteiger partial charge in [0.15, 0.2) is 17.1 Å². The van der Waals surface area contributed by atoms with E-state index >= 15 is 0 Å². The Morgan fingerprint density at radius 3 is 2.39 bits per heavy atom. The summed E-state index contributed by atoms with van der Waals surface area (Å²) in [6.07, 6.45) is 5.58. The van der Waals surface area contributed by atoms with E-state index in [0.29, 0.717) is 23.7 Å². The van der Waals surface area contributed by atoms with Gasteiger partial charge in [-0.25, -0.2) is 9.50 Å². The standard InChI is InChI=1S/C22H27N3O3/c1-6-7-8-17-14-18(25-21(24-17)9-10-23-25)15(2)11-16-12-19(26-3)22(28-5)20(13-16)27-4/h9-10,12-14H,2,6-8,11H2,1,3-5H3. The third-order valence-corrected chi connectivity index (χ3v) is 4.70. The molecule has 0 atom stereocenters. The number of benzene rings is 1. The van der Waals surface area contributed by atoms with Crippen LogP contribution in [0.1, 0.15) is 36.7 Å². The molecule has 2 aromatic heterocycles. The molecule has 148 valence electrons. The van der Waals surface area contributed by atoms with Gasteiger partial charge in [-0.05, 0) is 48.6 Å². The summed E-state index contributed by atoms with van der Waals surface area (Å²) in [4.78, 5) is 4.70. The zero-order valence-corrected chi connectivity index (χ0v) is 17.0. The van der Waals surface area contributed by atoms with Crippen molar-refractivity contribution in [2.75, 3.05) is 21.3 Å². The highest BCUT2D eigenvalue weighted by Crippen LogP contribution is 2.39. The number of ether oxygens (including phenoxy) is 3. The number of hydrogen-bond donors (Lipinski definition) is 0. The van der Waals surface area contributed by atoms with Gasteiger partial charge >= 0.3 is 0 Å². The molecule has 0 aliphatic heterocycles. The number of aryl methyl sites for hydroxylation is 1. The Balaban J connectivity index is 1.96. The Labute approximate surface area is 165 Å². The minimum Gasteiger partial charge on any atom is -0.493 e. The van der Waals surface area contributed by atoms with Crippen molar-refractivity contribution in [1.82, 2.24) is 14.6 Å². The van der Waals surface area contributed by atoms with E-state index in [1.54, 1.807) is 27.5 Å². The first-order valence-corrected chi connectivity index (χ1v) is 9.42. The zero-order valence-electron chi connectivity index (χ0n) is 17.0. The molecule has 0 aliphatic rings. The van der Waals surface area contributed by atoms with E-state index in [-0.39, 0.29) is 0 Å². The van der Waals surface area contributed by atoms with E-state index in [1.807, 2.05) is 22.7 Å². The van der Waals surface area contributed by atoms with Crippen LogP contribution in [0.15, 0.2) is 37.0 Å². The van der Waals surface area contributed by atoms with Gasteiger partial charge in [0.1, 0.15) is 0 Å². The van der Waals surface area contributed by atoms with E-state index < -0.39 is 0 Å². The second-order valence-electron chi connectivity index (χ2n) is 6.65. The van der Waals surface area contributed by atoms with Gasteiger partial charge in [-0.3, -0.25) is 0 Å². The third kappa shape index (κ3) is 3.96. The monoisotopic (exact) mass is 381 g/mol. The molecule has 0 unspecified atom stereocenters. The molecular weight excluding hydrogens is 354 g/mol. The van der Waals surface area contributed by atoms with Crippen molar-refractivity contribution in [3.05, 3.63) is 54.0 Å². The molecule has 1 aromatic carbocycles. The highest BCUT2D eigenvalue weighted by Gasteiger charge is 2.15. The molecule has 0 aliphatic carbocycles. The number of methoxy groups -OCH3 is 3. The van der Waals surface area contributed by atoms with Crippen LogP contribution < -0.4 is 14.2 Å². The summed E-state index contributed by atoms with van der Waals surface area (Å²) >= 11 is 0. The summed E-state index contributed by atoms with van der Waals surface area (Å²) in [5.41, 5.74) is 4.84. The average Bonchev–Trinajstić information content (AvgIpc) is 3.19. The Morgan fingerprint density at radius 2 is 1.79 bits per heavy atom. The quantitative estimate of drug-likeness (QED) is 0.551. The molecule has 2 heterocycles. The fourth-order valence-corrected chi connectivity index (χ4v) is 3.28. The number of fused-ring (bicyclic) bond motifs is 1. The SMILES string of the molecule is C=C(Cc1cc(OC)c(OC)c(OC)c1)c1cc(CCCC)nc2ccnn12. The molecular formula is C22H27N3O3. The topological polar surface area (TPSA) is 57.9 Å². The molecule has 0 radical (unpaired) electrons. The average molecular weight is 381 g/mol. The smallest absolute Gasteiger partial charge is 0.203 e. The van der Waals surface area contributed by atoms with Gasteiger partial charge in [-0.15, -0.1) is 0 Å². The Hall–Kier alpha value is -3.02. The van der Waals surface area contributed by atoms with Crippen LogP contribution >= 0.6 is 0 Å². The molecule has 28 heavy (non-hydrogen) atoms. The van der Waals surface area contributed by atoms with Crippen molar-refractivity contribution in [3.63, 3.8) is 0 Å². The largest absolute Gasteiger partial charge is 0.493 e. The maximum absolute atomic E-state index is 5.47. The number of aromatic nitrogens is 3. The van der Waals surface area contributed by atoms with Crippen LogP contribution in [0.5, 0.6) is 17.2 Å². The molecule has 3 aromatic rings. The second kappa shape index (κ2) is 8.78. The molecule has 6 heteroatoms. The number of hydrogen-bond acceptors (Lipinski definition) is 5. The molecule has 0 bridgehead atoms. The van der Waals surface area contributed by atoms with Crippen LogP contribution in [0.3, 0.4) is 0 Å². The summed E-state index contributed by atoms with van der Waals surface area (Å²) in [5.74, 6) is 1.85. The number of unbranched alkanes of at least 4 members (excludes halogenated alkanes) is 1. The number of rotatable bonds is 9. The molecule has 0 amide bonds. The Bertz CT molecular complexity index is 953. The van der Waals surface area contributed by atoms with Crippen molar-refractivity contribution in [1.29, 1.82) is 0 Å². The highest BCUT2D eigenvalue weighted by atomic mass is 16.5. The normalized spacial score (nSPS) is 10.9. The lowest BCUT2D eigenvalue weighted by Crippen LogP contribution is -2.05. The fraction of sp³-hybridized carbons (Fsp3) is 0.364. The van der Waals surface area contributed by atoms with Crippen LogP contribution in [0.4, 0.5) is 0 Å². The summed E-state index contributed by atoms with van der Waals surface area (Å²) in [7, 11) is 4.83. The van der Waals surface area contributed by atoms with Gasteiger partial charge < -0.3 is 14.2 Å². The fourth-order valence-electron chi connectivity index (χ4n) is 3.28. The molecule has 0 fully saturated rings. The molecule has 0 N–H and O–H groups in total. The van der Waals surface area contributed by atoms with Gasteiger partial charge in [-0.1, -0.05) is 19.9 Å². The maximum Gasteiger partial charge on any atom is 0.203 e. The minimum absolute atomic E-state index is 0.583. The first-order chi connectivity index (χ1) is 13.6. The Morgan fingerprint density at radius 1 is 1.07 bits per heavy atom. The van der Waals surface area contributed by atoms with Gasteiger partial charge in [-0.2, -0.15) is 5.10 Å². The van der Waals surface area contributed by atoms with Crippen molar-refractivity contribution in [2.45, 2.75) is 32.6 Å². The molecule has 6 nitrogen and oxygen atoms in total. The van der Waals surface area contributed by atoms with Crippen molar-refractivity contribution in [3.8, 4) is 17.2 Å². The van der Waals surface area contributed by atoms with E-state index in [4.69, 9.17) is 19.2 Å². The minimum atomic E-state index is 0.583. The number of nitrogens with zero attached hydrogens (tertiary/aromatic N) is 3. The molecule has 0 saturated carbocycles. The maximum atomic E-state index is 5.47. The first-order valence-electron chi connectivity index (χ1n) is 9.42. The predicted molar refractivity (Wildman–Crippen MR) is 110 cm³/mol. The molecule has 3 rings (SSSR count). The first kappa shape index (κ1) is 19.7. The lowest BCUT2D eigenvalue weighted by molar-refractivity contribution is 0.324. The lowest BCUT2D eigenvalue weighted by atomic mass is 10.0. The van der Waals surface area contributed by atoms with Crippen LogP contribution in [0.2, 0.25) is 0 Å². The van der Waals surface area contributed by atoms with E-state index in [9.17, 15) is 0 Å². The second-order valence-corrected chi connectivity index (χ2v) is 6.65. The van der Waals surface area contributed by atoms with Gasteiger partial charge in [0.05, 0.1) is 33.2 Å². The third-order valence-electron chi connectivity index (χ3n) is 4.70. The lowest BCUT2D eigenvalue weighted by Gasteiger charge is -2.15.